The molecule has 9 heteroatoms. The number of carbonyl (C=O) groups is 2. The van der Waals surface area contributed by atoms with E-state index in [4.69, 9.17) is 11.6 Å². The van der Waals surface area contributed by atoms with E-state index in [0.717, 1.165) is 47.9 Å². The molecule has 1 aromatic heterocycles. The molecule has 0 bridgehead atoms. The lowest BCUT2D eigenvalue weighted by Crippen LogP contribution is -2.39. The molecule has 0 atom stereocenters. The summed E-state index contributed by atoms with van der Waals surface area (Å²) in [5, 5.41) is 0. The minimum absolute atomic E-state index is 0.00507. The largest absolute Gasteiger partial charge is 0.330 e. The van der Waals surface area contributed by atoms with Crippen molar-refractivity contribution >= 4 is 52.0 Å². The lowest BCUT2D eigenvalue weighted by atomic mass is 10.1. The molecule has 3 aromatic rings. The fourth-order valence-electron chi connectivity index (χ4n) is 4.49. The lowest BCUT2D eigenvalue weighted by molar-refractivity contribution is -0.119. The van der Waals surface area contributed by atoms with Gasteiger partial charge in [-0.1, -0.05) is 29.8 Å². The lowest BCUT2D eigenvalue weighted by Gasteiger charge is -2.28. The summed E-state index contributed by atoms with van der Waals surface area (Å²) in [5.41, 5.74) is 2.77. The van der Waals surface area contributed by atoms with Crippen LogP contribution in [0.1, 0.15) is 34.1 Å². The van der Waals surface area contributed by atoms with Gasteiger partial charge in [0.2, 0.25) is 5.91 Å². The van der Waals surface area contributed by atoms with E-state index in [-0.39, 0.29) is 31.4 Å². The number of thiophene rings is 1. The third-order valence-electron chi connectivity index (χ3n) is 6.29. The average Bonchev–Trinajstić information content (AvgIpc) is 3.23. The maximum absolute atomic E-state index is 14.9. The monoisotopic (exact) mass is 510 g/mol. The third-order valence-corrected chi connectivity index (χ3v) is 7.51. The summed E-state index contributed by atoms with van der Waals surface area (Å²) in [6.45, 7) is 3.91. The molecule has 0 N–H and O–H groups in total. The van der Waals surface area contributed by atoms with E-state index in [2.05, 4.69) is 9.89 Å². The number of hydrogen-bond donors (Lipinski definition) is 0. The normalized spacial score (nSPS) is 16.1. The maximum atomic E-state index is 14.9. The Morgan fingerprint density at radius 1 is 1.11 bits per heavy atom. The van der Waals surface area contributed by atoms with Crippen molar-refractivity contribution in [3.05, 3.63) is 80.8 Å². The van der Waals surface area contributed by atoms with Gasteiger partial charge in [-0.3, -0.25) is 14.6 Å². The van der Waals surface area contributed by atoms with Crippen molar-refractivity contribution in [2.45, 2.75) is 26.4 Å². The number of benzene rings is 2. The van der Waals surface area contributed by atoms with Crippen LogP contribution in [-0.4, -0.2) is 42.2 Å². The smallest absolute Gasteiger partial charge is 0.264 e. The second-order valence-electron chi connectivity index (χ2n) is 8.58. The molecule has 5 rings (SSSR count). The number of nitrogens with zero attached hydrogens (tertiary/aromatic N) is 4. The van der Waals surface area contributed by atoms with Gasteiger partial charge in [0.25, 0.3) is 5.91 Å². The van der Waals surface area contributed by atoms with Crippen LogP contribution in [0.3, 0.4) is 0 Å². The molecule has 180 valence electrons. The number of anilines is 2. The number of aliphatic imine (C=N–C) groups is 1. The molecule has 2 aliphatic rings. The number of halogens is 2. The van der Waals surface area contributed by atoms with Gasteiger partial charge in [-0.25, -0.2) is 4.39 Å². The van der Waals surface area contributed by atoms with Gasteiger partial charge in [0.15, 0.2) is 0 Å². The zero-order valence-electron chi connectivity index (χ0n) is 19.2. The summed E-state index contributed by atoms with van der Waals surface area (Å²) in [5.74, 6) is -0.0602. The topological polar surface area (TPSA) is 56.2 Å². The number of rotatable bonds is 4. The molecule has 0 saturated carbocycles. The van der Waals surface area contributed by atoms with Gasteiger partial charge in [-0.15, -0.1) is 11.3 Å². The Balaban J connectivity index is 1.42. The van der Waals surface area contributed by atoms with Crippen LogP contribution in [-0.2, 0) is 17.9 Å². The first kappa shape index (κ1) is 23.5. The molecule has 6 nitrogen and oxygen atoms in total. The molecule has 3 heterocycles. The first-order valence-corrected chi connectivity index (χ1v) is 12.6. The van der Waals surface area contributed by atoms with Crippen LogP contribution in [0.2, 0.25) is 4.34 Å². The summed E-state index contributed by atoms with van der Waals surface area (Å²) in [6, 6.07) is 15.9. The van der Waals surface area contributed by atoms with E-state index >= 15 is 0 Å². The Kier molecular flexibility index (Phi) is 6.58. The Labute approximate surface area is 212 Å². The number of amidine groups is 1. The second kappa shape index (κ2) is 9.79. The van der Waals surface area contributed by atoms with Gasteiger partial charge < -0.3 is 14.7 Å². The van der Waals surface area contributed by atoms with E-state index in [1.165, 1.54) is 11.0 Å². The average molecular weight is 511 g/mol. The minimum atomic E-state index is -0.445. The third kappa shape index (κ3) is 4.81. The number of carbonyl (C=O) groups excluding carboxylic acids is 2. The maximum Gasteiger partial charge on any atom is 0.264 e. The first-order chi connectivity index (χ1) is 16.9. The second-order valence-corrected chi connectivity index (χ2v) is 10.3. The Morgan fingerprint density at radius 3 is 2.63 bits per heavy atom. The molecule has 0 fully saturated rings. The van der Waals surface area contributed by atoms with E-state index in [1.807, 2.05) is 31.2 Å². The molecule has 0 spiro atoms. The summed E-state index contributed by atoms with van der Waals surface area (Å²) in [6.07, 6.45) is 1.01. The predicted octanol–water partition coefficient (Wildman–Crippen LogP) is 5.36. The Bertz CT molecular complexity index is 1310. The molecule has 2 amide bonds. The van der Waals surface area contributed by atoms with Crippen molar-refractivity contribution in [3.8, 4) is 0 Å². The van der Waals surface area contributed by atoms with E-state index in [0.29, 0.717) is 20.5 Å². The molecule has 0 aliphatic carbocycles. The minimum Gasteiger partial charge on any atom is -0.330 e. The van der Waals surface area contributed by atoms with Crippen molar-refractivity contribution < 1.29 is 14.0 Å². The van der Waals surface area contributed by atoms with Gasteiger partial charge >= 0.3 is 0 Å². The first-order valence-electron chi connectivity index (χ1n) is 11.4. The summed E-state index contributed by atoms with van der Waals surface area (Å²) in [7, 11) is 0. The van der Waals surface area contributed by atoms with Gasteiger partial charge in [0, 0.05) is 24.3 Å². The molecule has 0 unspecified atom stereocenters. The standard InChI is InChI=1S/C26H24ClFN4O2S/c1-17-29-12-3-13-31(17)19-8-6-18(7-9-19)14-32-22-5-2-4-21(28)20(22)15-30(16-25(32)33)26(34)23-10-11-24(27)35-23/h2,4-11H,3,12-16H2,1H3. The van der Waals surface area contributed by atoms with Crippen LogP contribution in [0, 0.1) is 5.82 Å². The van der Waals surface area contributed by atoms with Crippen molar-refractivity contribution in [1.29, 1.82) is 0 Å². The molecule has 2 aromatic carbocycles. The highest BCUT2D eigenvalue weighted by molar-refractivity contribution is 7.18. The number of fused-ring (bicyclic) bond motifs is 1. The zero-order chi connectivity index (χ0) is 24.5. The highest BCUT2D eigenvalue weighted by atomic mass is 35.5. The molecule has 2 aliphatic heterocycles. The van der Waals surface area contributed by atoms with Crippen LogP contribution in [0.5, 0.6) is 0 Å². The molecule has 35 heavy (non-hydrogen) atoms. The molecule has 0 saturated heterocycles. The molecule has 0 radical (unpaired) electrons. The van der Waals surface area contributed by atoms with Crippen LogP contribution in [0.4, 0.5) is 15.8 Å². The Hall–Kier alpha value is -3.23. The number of amides is 2. The zero-order valence-corrected chi connectivity index (χ0v) is 20.8. The van der Waals surface area contributed by atoms with Crippen molar-refractivity contribution in [3.63, 3.8) is 0 Å². The Morgan fingerprint density at radius 2 is 1.91 bits per heavy atom. The van der Waals surface area contributed by atoms with Crippen molar-refractivity contribution in [2.24, 2.45) is 4.99 Å². The van der Waals surface area contributed by atoms with Crippen LogP contribution in [0.25, 0.3) is 0 Å². The quantitative estimate of drug-likeness (QED) is 0.475. The van der Waals surface area contributed by atoms with Gasteiger partial charge in [-0.05, 0) is 55.3 Å². The summed E-state index contributed by atoms with van der Waals surface area (Å²) >= 11 is 7.14. The van der Waals surface area contributed by atoms with E-state index in [1.54, 1.807) is 29.2 Å². The fraction of sp³-hybridized carbons (Fsp3) is 0.269. The molecular formula is C26H24ClFN4O2S. The number of hydrogen-bond acceptors (Lipinski definition) is 5. The SMILES string of the molecule is CC1=NCCCN1c1ccc(CN2C(=O)CN(C(=O)c3ccc(Cl)s3)Cc3c(F)cccc32)cc1. The fourth-order valence-corrected chi connectivity index (χ4v) is 5.50. The van der Waals surface area contributed by atoms with Crippen LogP contribution < -0.4 is 9.80 Å². The summed E-state index contributed by atoms with van der Waals surface area (Å²) in [4.78, 5) is 36.5. The van der Waals surface area contributed by atoms with Crippen molar-refractivity contribution in [1.82, 2.24) is 4.90 Å². The van der Waals surface area contributed by atoms with E-state index in [9.17, 15) is 14.0 Å². The van der Waals surface area contributed by atoms with Crippen LogP contribution >= 0.6 is 22.9 Å². The van der Waals surface area contributed by atoms with Gasteiger partial charge in [-0.2, -0.15) is 0 Å². The van der Waals surface area contributed by atoms with Crippen molar-refractivity contribution in [2.75, 3.05) is 29.4 Å². The van der Waals surface area contributed by atoms with Gasteiger partial charge in [0.05, 0.1) is 28.0 Å². The highest BCUT2D eigenvalue weighted by Gasteiger charge is 2.31. The summed E-state index contributed by atoms with van der Waals surface area (Å²) < 4.78 is 15.4. The van der Waals surface area contributed by atoms with Gasteiger partial charge in [0.1, 0.15) is 18.2 Å². The molecular weight excluding hydrogens is 487 g/mol. The van der Waals surface area contributed by atoms with Crippen LogP contribution in [0.15, 0.2) is 59.6 Å². The predicted molar refractivity (Wildman–Crippen MR) is 138 cm³/mol. The highest BCUT2D eigenvalue weighted by Crippen LogP contribution is 2.31. The van der Waals surface area contributed by atoms with E-state index < -0.39 is 5.82 Å².